The summed E-state index contributed by atoms with van der Waals surface area (Å²) in [7, 11) is -4.26. The number of hydrogen-bond donors (Lipinski definition) is 1. The number of cyclic esters (lactones) is 1. The Bertz CT molecular complexity index is 598. The third-order valence-corrected chi connectivity index (χ3v) is 4.83. The molecule has 122 valence electrons. The van der Waals surface area contributed by atoms with Crippen molar-refractivity contribution in [2.24, 2.45) is 5.92 Å². The fraction of sp³-hybridized carbons (Fsp3) is 0.533. The van der Waals surface area contributed by atoms with Crippen molar-refractivity contribution in [1.29, 1.82) is 0 Å². The quantitative estimate of drug-likeness (QED) is 0.606. The molecule has 1 aromatic rings. The molecule has 1 aliphatic heterocycles. The molecule has 3 atom stereocenters. The summed E-state index contributed by atoms with van der Waals surface area (Å²) in [6.07, 6.45) is 0.0162. The Morgan fingerprint density at radius 3 is 2.59 bits per heavy atom. The lowest BCUT2D eigenvalue weighted by Crippen LogP contribution is -2.30. The monoisotopic (exact) mass is 328 g/mol. The lowest BCUT2D eigenvalue weighted by atomic mass is 10.0. The minimum Gasteiger partial charge on any atom is -0.462 e. The van der Waals surface area contributed by atoms with E-state index in [4.69, 9.17) is 9.47 Å². The summed E-state index contributed by atoms with van der Waals surface area (Å²) in [5.41, 5.74) is 0.914. The normalized spacial score (nSPS) is 23.3. The summed E-state index contributed by atoms with van der Waals surface area (Å²) in [4.78, 5) is 11.3. The van der Waals surface area contributed by atoms with E-state index >= 15 is 0 Å². The van der Waals surface area contributed by atoms with E-state index in [9.17, 15) is 17.8 Å². The molecule has 0 aromatic heterocycles. The van der Waals surface area contributed by atoms with Crippen LogP contribution in [-0.4, -0.2) is 36.9 Å². The van der Waals surface area contributed by atoms with Gasteiger partial charge in [0.25, 0.3) is 10.1 Å². The molecular formula is C15H20O6S. The van der Waals surface area contributed by atoms with Crippen molar-refractivity contribution in [2.75, 3.05) is 6.61 Å². The third-order valence-electron chi connectivity index (χ3n) is 3.66. The largest absolute Gasteiger partial charge is 0.462 e. The van der Waals surface area contributed by atoms with Gasteiger partial charge in [0.1, 0.15) is 11.4 Å². The second-order valence-corrected chi connectivity index (χ2v) is 7.27. The minimum atomic E-state index is -4.26. The first-order valence-corrected chi connectivity index (χ1v) is 8.65. The summed E-state index contributed by atoms with van der Waals surface area (Å²) in [6.45, 7) is 1.85. The number of esters is 1. The average Bonchev–Trinajstić information content (AvgIpc) is 2.76. The van der Waals surface area contributed by atoms with Gasteiger partial charge >= 0.3 is 5.97 Å². The zero-order valence-corrected chi connectivity index (χ0v) is 13.2. The van der Waals surface area contributed by atoms with Crippen LogP contribution in [0.3, 0.4) is 0 Å². The van der Waals surface area contributed by atoms with Crippen molar-refractivity contribution in [1.82, 2.24) is 0 Å². The lowest BCUT2D eigenvalue weighted by molar-refractivity contribution is -0.144. The summed E-state index contributed by atoms with van der Waals surface area (Å²) < 4.78 is 42.7. The van der Waals surface area contributed by atoms with Gasteiger partial charge in [0, 0.05) is 6.42 Å². The number of benzene rings is 1. The van der Waals surface area contributed by atoms with Crippen LogP contribution in [0.15, 0.2) is 30.3 Å². The standard InChI is InChI=1S/C15H20O6S/c1-11-7-13(21-15(11)16)8-14(22(17,18)19)10-20-9-12-5-3-2-4-6-12/h2-6,11,13-14H,7-10H2,1H3,(H,17,18,19)/t11-,13+,14-/m1/s1. The Hall–Kier alpha value is -1.44. The van der Waals surface area contributed by atoms with Gasteiger partial charge < -0.3 is 9.47 Å². The molecule has 0 spiro atoms. The lowest BCUT2D eigenvalue weighted by Gasteiger charge is -2.17. The van der Waals surface area contributed by atoms with E-state index < -0.39 is 21.5 Å². The van der Waals surface area contributed by atoms with Gasteiger partial charge in [-0.15, -0.1) is 0 Å². The molecule has 0 unspecified atom stereocenters. The molecule has 0 saturated carbocycles. The van der Waals surface area contributed by atoms with E-state index in [1.54, 1.807) is 6.92 Å². The molecule has 0 radical (unpaired) electrons. The second kappa shape index (κ2) is 7.21. The first-order chi connectivity index (χ1) is 10.4. The van der Waals surface area contributed by atoms with Crippen LogP contribution in [0.4, 0.5) is 0 Å². The van der Waals surface area contributed by atoms with Crippen LogP contribution in [0.1, 0.15) is 25.3 Å². The van der Waals surface area contributed by atoms with Crippen LogP contribution >= 0.6 is 0 Å². The molecule has 1 fully saturated rings. The molecule has 1 aliphatic rings. The maximum absolute atomic E-state index is 11.5. The highest BCUT2D eigenvalue weighted by Gasteiger charge is 2.36. The molecule has 1 N–H and O–H groups in total. The number of ether oxygens (including phenoxy) is 2. The molecule has 1 saturated heterocycles. The minimum absolute atomic E-state index is 0.0453. The molecule has 0 bridgehead atoms. The smallest absolute Gasteiger partial charge is 0.309 e. The maximum Gasteiger partial charge on any atom is 0.309 e. The van der Waals surface area contributed by atoms with Crippen molar-refractivity contribution < 1.29 is 27.2 Å². The van der Waals surface area contributed by atoms with Crippen LogP contribution in [-0.2, 0) is 31.0 Å². The number of rotatable bonds is 7. The van der Waals surface area contributed by atoms with Gasteiger partial charge in [-0.2, -0.15) is 8.42 Å². The van der Waals surface area contributed by atoms with E-state index in [1.165, 1.54) is 0 Å². The molecular weight excluding hydrogens is 308 g/mol. The topological polar surface area (TPSA) is 89.9 Å². The van der Waals surface area contributed by atoms with Crippen LogP contribution in [0.2, 0.25) is 0 Å². The van der Waals surface area contributed by atoms with Gasteiger partial charge in [0.2, 0.25) is 0 Å². The van der Waals surface area contributed by atoms with Crippen molar-refractivity contribution in [2.45, 2.75) is 37.7 Å². The Kier molecular flexibility index (Phi) is 5.55. The zero-order valence-electron chi connectivity index (χ0n) is 12.3. The molecule has 0 amide bonds. The van der Waals surface area contributed by atoms with Gasteiger partial charge in [-0.25, -0.2) is 0 Å². The Morgan fingerprint density at radius 1 is 1.36 bits per heavy atom. The van der Waals surface area contributed by atoms with E-state index in [0.29, 0.717) is 6.42 Å². The van der Waals surface area contributed by atoms with Crippen molar-refractivity contribution in [3.8, 4) is 0 Å². The van der Waals surface area contributed by atoms with E-state index in [0.717, 1.165) is 5.56 Å². The van der Waals surface area contributed by atoms with Gasteiger partial charge in [-0.3, -0.25) is 9.35 Å². The molecule has 22 heavy (non-hydrogen) atoms. The number of carbonyl (C=O) groups is 1. The molecule has 2 rings (SSSR count). The summed E-state index contributed by atoms with van der Waals surface area (Å²) >= 11 is 0. The maximum atomic E-state index is 11.5. The highest BCUT2D eigenvalue weighted by molar-refractivity contribution is 7.86. The van der Waals surface area contributed by atoms with Crippen molar-refractivity contribution >= 4 is 16.1 Å². The molecule has 6 nitrogen and oxygen atoms in total. The first kappa shape index (κ1) is 16.9. The van der Waals surface area contributed by atoms with E-state index in [1.807, 2.05) is 30.3 Å². The van der Waals surface area contributed by atoms with Crippen molar-refractivity contribution in [3.63, 3.8) is 0 Å². The second-order valence-electron chi connectivity index (χ2n) is 5.57. The number of carbonyl (C=O) groups excluding carboxylic acids is 1. The first-order valence-electron chi connectivity index (χ1n) is 7.14. The fourth-order valence-electron chi connectivity index (χ4n) is 2.41. The van der Waals surface area contributed by atoms with E-state index in [-0.39, 0.29) is 31.5 Å². The van der Waals surface area contributed by atoms with Crippen LogP contribution < -0.4 is 0 Å². The third kappa shape index (κ3) is 4.79. The zero-order chi connectivity index (χ0) is 16.2. The number of hydrogen-bond acceptors (Lipinski definition) is 5. The highest BCUT2D eigenvalue weighted by Crippen LogP contribution is 2.25. The van der Waals surface area contributed by atoms with Gasteiger partial charge in [0.15, 0.2) is 0 Å². The van der Waals surface area contributed by atoms with Crippen LogP contribution in [0.5, 0.6) is 0 Å². The Balaban J connectivity index is 1.89. The van der Waals surface area contributed by atoms with Crippen LogP contribution in [0.25, 0.3) is 0 Å². The SMILES string of the molecule is C[C@@H]1C[C@@H](C[C@H](COCc2ccccc2)S(=O)(=O)O)OC1=O. The molecule has 1 aromatic carbocycles. The van der Waals surface area contributed by atoms with Gasteiger partial charge in [-0.05, 0) is 12.0 Å². The van der Waals surface area contributed by atoms with Gasteiger partial charge in [0.05, 0.1) is 19.1 Å². The van der Waals surface area contributed by atoms with E-state index in [2.05, 4.69) is 0 Å². The van der Waals surface area contributed by atoms with Crippen LogP contribution in [0, 0.1) is 5.92 Å². The molecule has 0 aliphatic carbocycles. The van der Waals surface area contributed by atoms with Gasteiger partial charge in [-0.1, -0.05) is 37.3 Å². The highest BCUT2D eigenvalue weighted by atomic mass is 32.2. The summed E-state index contributed by atoms with van der Waals surface area (Å²) in [5.74, 6) is -0.568. The summed E-state index contributed by atoms with van der Waals surface area (Å²) in [5, 5.41) is -1.10. The summed E-state index contributed by atoms with van der Waals surface area (Å²) in [6, 6.07) is 9.32. The van der Waals surface area contributed by atoms with Crippen molar-refractivity contribution in [3.05, 3.63) is 35.9 Å². The molecule has 1 heterocycles. The Labute approximate surface area is 130 Å². The Morgan fingerprint density at radius 2 is 2.05 bits per heavy atom. The predicted molar refractivity (Wildman–Crippen MR) is 79.7 cm³/mol. The predicted octanol–water partition coefficient (Wildman–Crippen LogP) is 1.80. The average molecular weight is 328 g/mol. The fourth-order valence-corrected chi connectivity index (χ4v) is 3.14. The molecule has 7 heteroatoms.